The quantitative estimate of drug-likeness (QED) is 0.736. The van der Waals surface area contributed by atoms with E-state index in [4.69, 9.17) is 0 Å². The average Bonchev–Trinajstić information content (AvgIpc) is 2.08. The van der Waals surface area contributed by atoms with Crippen LogP contribution in [0.2, 0.25) is 0 Å². The molecule has 0 aromatic heterocycles. The fourth-order valence-corrected chi connectivity index (χ4v) is 2.43. The van der Waals surface area contributed by atoms with E-state index >= 15 is 0 Å². The third-order valence-electron chi connectivity index (χ3n) is 2.57. The molecule has 2 unspecified atom stereocenters. The summed E-state index contributed by atoms with van der Waals surface area (Å²) in [7, 11) is -0.204. The first-order valence-electron chi connectivity index (χ1n) is 4.84. The van der Waals surface area contributed by atoms with Gasteiger partial charge in [0.25, 0.3) is 10.2 Å². The minimum atomic E-state index is -3.28. The summed E-state index contributed by atoms with van der Waals surface area (Å²) < 4.78 is 27.0. The maximum absolute atomic E-state index is 11.5. The molecule has 1 aliphatic heterocycles. The molecule has 7 heteroatoms. The highest BCUT2D eigenvalue weighted by atomic mass is 35.5. The molecule has 0 aromatic carbocycles. The molecule has 92 valence electrons. The van der Waals surface area contributed by atoms with Crippen molar-refractivity contribution in [2.24, 2.45) is 5.92 Å². The minimum absolute atomic E-state index is 0. The highest BCUT2D eigenvalue weighted by molar-refractivity contribution is 7.87. The van der Waals surface area contributed by atoms with Gasteiger partial charge in [-0.2, -0.15) is 17.4 Å². The lowest BCUT2D eigenvalue weighted by atomic mass is 9.97. The van der Waals surface area contributed by atoms with Crippen LogP contribution in [0.4, 0.5) is 0 Å². The van der Waals surface area contributed by atoms with E-state index in [0.29, 0.717) is 5.92 Å². The monoisotopic (exact) mass is 257 g/mol. The number of piperidine rings is 1. The van der Waals surface area contributed by atoms with E-state index in [2.05, 4.69) is 17.0 Å². The maximum atomic E-state index is 11.5. The van der Waals surface area contributed by atoms with Crippen LogP contribution in [-0.4, -0.2) is 45.9 Å². The van der Waals surface area contributed by atoms with Crippen LogP contribution in [-0.2, 0) is 10.2 Å². The van der Waals surface area contributed by atoms with Crippen LogP contribution in [0.3, 0.4) is 0 Å². The van der Waals surface area contributed by atoms with Gasteiger partial charge in [-0.15, -0.1) is 12.4 Å². The van der Waals surface area contributed by atoms with Gasteiger partial charge < -0.3 is 5.32 Å². The molecule has 2 atom stereocenters. The predicted molar refractivity (Wildman–Crippen MR) is 63.4 cm³/mol. The lowest BCUT2D eigenvalue weighted by molar-refractivity contribution is 0.323. The van der Waals surface area contributed by atoms with Crippen molar-refractivity contribution in [3.63, 3.8) is 0 Å². The van der Waals surface area contributed by atoms with E-state index in [1.54, 1.807) is 0 Å². The smallest absolute Gasteiger partial charge is 0.279 e. The van der Waals surface area contributed by atoms with Gasteiger partial charge in [-0.1, -0.05) is 6.92 Å². The van der Waals surface area contributed by atoms with E-state index in [9.17, 15) is 8.42 Å². The number of nitrogens with zero attached hydrogens (tertiary/aromatic N) is 1. The van der Waals surface area contributed by atoms with Crippen molar-refractivity contribution in [2.45, 2.75) is 19.4 Å². The first kappa shape index (κ1) is 15.1. The molecule has 0 amide bonds. The van der Waals surface area contributed by atoms with Crippen LogP contribution in [0.5, 0.6) is 0 Å². The van der Waals surface area contributed by atoms with E-state index in [0.717, 1.165) is 19.5 Å². The molecule has 0 saturated carbocycles. The van der Waals surface area contributed by atoms with Crippen LogP contribution >= 0.6 is 12.4 Å². The van der Waals surface area contributed by atoms with Crippen molar-refractivity contribution < 1.29 is 8.42 Å². The van der Waals surface area contributed by atoms with E-state index in [1.165, 1.54) is 18.4 Å². The van der Waals surface area contributed by atoms with Gasteiger partial charge in [-0.05, 0) is 25.4 Å². The molecule has 0 aromatic rings. The Bertz CT molecular complexity index is 282. The normalized spacial score (nSPS) is 27.5. The highest BCUT2D eigenvalue weighted by Gasteiger charge is 2.26. The molecule has 1 fully saturated rings. The highest BCUT2D eigenvalue weighted by Crippen LogP contribution is 2.11. The maximum Gasteiger partial charge on any atom is 0.279 e. The van der Waals surface area contributed by atoms with Gasteiger partial charge in [0, 0.05) is 20.1 Å². The molecule has 1 aliphatic rings. The van der Waals surface area contributed by atoms with Crippen molar-refractivity contribution in [3.8, 4) is 0 Å². The molecule has 2 N–H and O–H groups in total. The number of nitrogens with one attached hydrogen (secondary N) is 2. The fourth-order valence-electron chi connectivity index (χ4n) is 1.49. The van der Waals surface area contributed by atoms with Crippen LogP contribution < -0.4 is 10.0 Å². The zero-order valence-corrected chi connectivity index (χ0v) is 11.0. The van der Waals surface area contributed by atoms with Crippen molar-refractivity contribution in [3.05, 3.63) is 0 Å². The summed E-state index contributed by atoms with van der Waals surface area (Å²) in [5.41, 5.74) is 0. The predicted octanol–water partition coefficient (Wildman–Crippen LogP) is -0.198. The SMILES string of the molecule is CC1CNCCC1NS(=O)(=O)N(C)C.Cl. The molecule has 1 saturated heterocycles. The third kappa shape index (κ3) is 4.24. The zero-order chi connectivity index (χ0) is 10.8. The zero-order valence-electron chi connectivity index (χ0n) is 9.36. The van der Waals surface area contributed by atoms with E-state index in [-0.39, 0.29) is 18.4 Å². The second-order valence-corrected chi connectivity index (χ2v) is 5.90. The summed E-state index contributed by atoms with van der Waals surface area (Å²) in [5.74, 6) is 0.346. The van der Waals surface area contributed by atoms with Gasteiger partial charge in [-0.25, -0.2) is 0 Å². The van der Waals surface area contributed by atoms with Crippen molar-refractivity contribution in [2.75, 3.05) is 27.2 Å². The molecule has 0 bridgehead atoms. The molecule has 15 heavy (non-hydrogen) atoms. The Balaban J connectivity index is 0.00000196. The first-order chi connectivity index (χ1) is 6.43. The van der Waals surface area contributed by atoms with Crippen LogP contribution in [0.1, 0.15) is 13.3 Å². The summed E-state index contributed by atoms with van der Waals surface area (Å²) >= 11 is 0. The topological polar surface area (TPSA) is 61.4 Å². The Morgan fingerprint density at radius 3 is 2.47 bits per heavy atom. The molecule has 0 aliphatic carbocycles. The summed E-state index contributed by atoms with van der Waals surface area (Å²) in [5, 5.41) is 3.23. The Kier molecular flexibility index (Phi) is 6.05. The molecular formula is C8H20ClN3O2S. The summed E-state index contributed by atoms with van der Waals surface area (Å²) in [6, 6.07) is 0.0589. The Morgan fingerprint density at radius 2 is 2.00 bits per heavy atom. The second-order valence-electron chi connectivity index (χ2n) is 3.98. The largest absolute Gasteiger partial charge is 0.316 e. The first-order valence-corrected chi connectivity index (χ1v) is 6.28. The van der Waals surface area contributed by atoms with Gasteiger partial charge in [0.05, 0.1) is 0 Å². The van der Waals surface area contributed by atoms with Crippen LogP contribution in [0, 0.1) is 5.92 Å². The molecule has 1 rings (SSSR count). The number of hydrogen-bond donors (Lipinski definition) is 2. The van der Waals surface area contributed by atoms with Crippen molar-refractivity contribution >= 4 is 22.6 Å². The summed E-state index contributed by atoms with van der Waals surface area (Å²) in [6.07, 6.45) is 0.855. The Morgan fingerprint density at radius 1 is 1.40 bits per heavy atom. The van der Waals surface area contributed by atoms with E-state index < -0.39 is 10.2 Å². The summed E-state index contributed by atoms with van der Waals surface area (Å²) in [6.45, 7) is 3.81. The minimum Gasteiger partial charge on any atom is -0.316 e. The third-order valence-corrected chi connectivity index (χ3v) is 4.13. The molecule has 5 nitrogen and oxygen atoms in total. The fraction of sp³-hybridized carbons (Fsp3) is 1.00. The summed E-state index contributed by atoms with van der Waals surface area (Å²) in [4.78, 5) is 0. The Labute approximate surface area is 98.2 Å². The Hall–Kier alpha value is 0.120. The van der Waals surface area contributed by atoms with Gasteiger partial charge in [0.2, 0.25) is 0 Å². The molecular weight excluding hydrogens is 238 g/mol. The van der Waals surface area contributed by atoms with Gasteiger partial charge >= 0.3 is 0 Å². The average molecular weight is 258 g/mol. The molecule has 0 radical (unpaired) electrons. The molecule has 1 heterocycles. The lowest BCUT2D eigenvalue weighted by Gasteiger charge is -2.30. The number of hydrogen-bond acceptors (Lipinski definition) is 3. The van der Waals surface area contributed by atoms with Crippen LogP contribution in [0.25, 0.3) is 0 Å². The second kappa shape index (κ2) is 6.00. The van der Waals surface area contributed by atoms with Crippen molar-refractivity contribution in [1.82, 2.24) is 14.3 Å². The van der Waals surface area contributed by atoms with Crippen LogP contribution in [0.15, 0.2) is 0 Å². The lowest BCUT2D eigenvalue weighted by Crippen LogP contribution is -2.51. The van der Waals surface area contributed by atoms with Gasteiger partial charge in [0.1, 0.15) is 0 Å². The van der Waals surface area contributed by atoms with Crippen molar-refractivity contribution in [1.29, 1.82) is 0 Å². The molecule has 0 spiro atoms. The number of halogens is 1. The number of rotatable bonds is 3. The van der Waals surface area contributed by atoms with Gasteiger partial charge in [-0.3, -0.25) is 0 Å². The standard InChI is InChI=1S/C8H19N3O2S.ClH/c1-7-6-9-5-4-8(7)10-14(12,13)11(2)3;/h7-10H,4-6H2,1-3H3;1H. The van der Waals surface area contributed by atoms with Gasteiger partial charge in [0.15, 0.2) is 0 Å². The van der Waals surface area contributed by atoms with E-state index in [1.807, 2.05) is 0 Å².